The summed E-state index contributed by atoms with van der Waals surface area (Å²) in [6.07, 6.45) is 3.56. The first-order valence-electron chi connectivity index (χ1n) is 8.80. The lowest BCUT2D eigenvalue weighted by molar-refractivity contribution is -0.135. The molecule has 1 fully saturated rings. The number of piperidine rings is 1. The zero-order valence-electron chi connectivity index (χ0n) is 15.1. The molecule has 1 amide bonds. The van der Waals surface area contributed by atoms with Crippen molar-refractivity contribution in [2.24, 2.45) is 5.14 Å². The van der Waals surface area contributed by atoms with E-state index >= 15 is 0 Å². The summed E-state index contributed by atoms with van der Waals surface area (Å²) >= 11 is 0. The van der Waals surface area contributed by atoms with E-state index in [4.69, 9.17) is 5.14 Å². The first-order chi connectivity index (χ1) is 11.8. The van der Waals surface area contributed by atoms with Gasteiger partial charge in [0.25, 0.3) is 0 Å². The van der Waals surface area contributed by atoms with Crippen molar-refractivity contribution >= 4 is 15.9 Å². The molecular formula is C18H29N3O3S. The van der Waals surface area contributed by atoms with Crippen LogP contribution in [0.3, 0.4) is 0 Å². The maximum Gasteiger partial charge on any atom is 0.223 e. The fraction of sp³-hybridized carbons (Fsp3) is 0.611. The summed E-state index contributed by atoms with van der Waals surface area (Å²) in [6, 6.07) is 8.55. The molecule has 1 saturated heterocycles. The van der Waals surface area contributed by atoms with E-state index in [1.54, 1.807) is 0 Å². The van der Waals surface area contributed by atoms with Crippen LogP contribution >= 0.6 is 0 Å². The van der Waals surface area contributed by atoms with Gasteiger partial charge in [0.05, 0.1) is 11.8 Å². The minimum absolute atomic E-state index is 0.0192. The normalized spacial score (nSPS) is 18.6. The number of nitrogens with two attached hydrogens (primary N) is 1. The van der Waals surface area contributed by atoms with Gasteiger partial charge in [0.2, 0.25) is 15.9 Å². The van der Waals surface area contributed by atoms with Crippen LogP contribution in [0.15, 0.2) is 24.3 Å². The molecule has 0 bridgehead atoms. The fourth-order valence-electron chi connectivity index (χ4n) is 3.36. The highest BCUT2D eigenvalue weighted by molar-refractivity contribution is 7.89. The Balaban J connectivity index is 2.03. The summed E-state index contributed by atoms with van der Waals surface area (Å²) in [5.41, 5.74) is 2.40. The SMILES string of the molecule is CN(C)Cc1ccc([C@@H]2CCCCN2C(=O)CCCS(N)(=O)=O)cc1. The molecule has 6 nitrogen and oxygen atoms in total. The zero-order valence-corrected chi connectivity index (χ0v) is 16.0. The Kier molecular flexibility index (Phi) is 6.98. The smallest absolute Gasteiger partial charge is 0.223 e. The third kappa shape index (κ3) is 6.41. The minimum Gasteiger partial charge on any atom is -0.336 e. The van der Waals surface area contributed by atoms with Crippen LogP contribution in [0.4, 0.5) is 0 Å². The predicted octanol–water partition coefficient (Wildman–Crippen LogP) is 1.87. The summed E-state index contributed by atoms with van der Waals surface area (Å²) < 4.78 is 22.1. The molecule has 1 aromatic carbocycles. The van der Waals surface area contributed by atoms with Gasteiger partial charge in [0.1, 0.15) is 0 Å². The molecule has 1 aliphatic heterocycles. The third-order valence-electron chi connectivity index (χ3n) is 4.51. The van der Waals surface area contributed by atoms with E-state index in [1.165, 1.54) is 5.56 Å². The molecule has 7 heteroatoms. The van der Waals surface area contributed by atoms with Gasteiger partial charge in [-0.05, 0) is 50.9 Å². The topological polar surface area (TPSA) is 83.7 Å². The molecule has 0 aliphatic carbocycles. The minimum atomic E-state index is -3.51. The molecule has 0 saturated carbocycles. The Labute approximate surface area is 151 Å². The van der Waals surface area contributed by atoms with Gasteiger partial charge in [-0.15, -0.1) is 0 Å². The molecule has 0 spiro atoms. The van der Waals surface area contributed by atoms with Crippen LogP contribution in [-0.2, 0) is 21.4 Å². The largest absolute Gasteiger partial charge is 0.336 e. The highest BCUT2D eigenvalue weighted by atomic mass is 32.2. The van der Waals surface area contributed by atoms with Gasteiger partial charge >= 0.3 is 0 Å². The number of sulfonamides is 1. The van der Waals surface area contributed by atoms with Crippen molar-refractivity contribution in [3.05, 3.63) is 35.4 Å². The van der Waals surface area contributed by atoms with E-state index in [1.807, 2.05) is 19.0 Å². The number of hydrogen-bond acceptors (Lipinski definition) is 4. The molecule has 1 aliphatic rings. The van der Waals surface area contributed by atoms with Gasteiger partial charge in [0.15, 0.2) is 0 Å². The molecule has 0 radical (unpaired) electrons. The maximum atomic E-state index is 12.6. The third-order valence-corrected chi connectivity index (χ3v) is 5.36. The number of carbonyl (C=O) groups is 1. The first kappa shape index (κ1) is 19.9. The second-order valence-corrected chi connectivity index (χ2v) is 8.78. The molecule has 0 aromatic heterocycles. The van der Waals surface area contributed by atoms with E-state index in [2.05, 4.69) is 29.2 Å². The van der Waals surface area contributed by atoms with Crippen molar-refractivity contribution in [2.75, 3.05) is 26.4 Å². The van der Waals surface area contributed by atoms with Crippen LogP contribution in [0.5, 0.6) is 0 Å². The molecular weight excluding hydrogens is 338 g/mol. The molecule has 140 valence electrons. The Morgan fingerprint density at radius 3 is 2.52 bits per heavy atom. The van der Waals surface area contributed by atoms with Crippen molar-refractivity contribution in [2.45, 2.75) is 44.7 Å². The van der Waals surface area contributed by atoms with Gasteiger partial charge in [-0.2, -0.15) is 0 Å². The number of carbonyl (C=O) groups excluding carboxylic acids is 1. The molecule has 1 atom stereocenters. The summed E-state index contributed by atoms with van der Waals surface area (Å²) in [6.45, 7) is 1.62. The number of benzene rings is 1. The van der Waals surface area contributed by atoms with Crippen LogP contribution in [0.25, 0.3) is 0 Å². The van der Waals surface area contributed by atoms with Crippen LogP contribution in [0.1, 0.15) is 49.3 Å². The molecule has 25 heavy (non-hydrogen) atoms. The van der Waals surface area contributed by atoms with Crippen LogP contribution in [0.2, 0.25) is 0 Å². The second-order valence-electron chi connectivity index (χ2n) is 7.05. The maximum absolute atomic E-state index is 12.6. The van der Waals surface area contributed by atoms with Gasteiger partial charge in [0, 0.05) is 19.5 Å². The predicted molar refractivity (Wildman–Crippen MR) is 99.3 cm³/mol. The number of likely N-dealkylation sites (tertiary alicyclic amines) is 1. The standard InChI is InChI=1S/C18H29N3O3S/c1-20(2)14-15-8-10-16(11-9-15)17-6-3-4-12-21(17)18(22)7-5-13-25(19,23)24/h8-11,17H,3-7,12-14H2,1-2H3,(H2,19,23,24)/t17-/m0/s1. The average molecular weight is 368 g/mol. The van der Waals surface area contributed by atoms with Gasteiger partial charge in [-0.1, -0.05) is 24.3 Å². The number of rotatable bonds is 7. The van der Waals surface area contributed by atoms with Crippen molar-refractivity contribution in [3.8, 4) is 0 Å². The second kappa shape index (κ2) is 8.78. The molecule has 0 unspecified atom stereocenters. The Hall–Kier alpha value is -1.44. The monoisotopic (exact) mass is 367 g/mol. The Bertz CT molecular complexity index is 671. The van der Waals surface area contributed by atoms with Crippen molar-refractivity contribution < 1.29 is 13.2 Å². The summed E-state index contributed by atoms with van der Waals surface area (Å²) in [5, 5.41) is 5.01. The lowest BCUT2D eigenvalue weighted by atomic mass is 9.94. The fourth-order valence-corrected chi connectivity index (χ4v) is 3.90. The number of amides is 1. The van der Waals surface area contributed by atoms with E-state index in [0.717, 1.165) is 37.9 Å². The van der Waals surface area contributed by atoms with E-state index in [-0.39, 0.29) is 30.5 Å². The van der Waals surface area contributed by atoms with Crippen LogP contribution < -0.4 is 5.14 Å². The van der Waals surface area contributed by atoms with Crippen molar-refractivity contribution in [1.82, 2.24) is 9.80 Å². The first-order valence-corrected chi connectivity index (χ1v) is 10.5. The van der Waals surface area contributed by atoms with E-state index in [0.29, 0.717) is 0 Å². The lowest BCUT2D eigenvalue weighted by Gasteiger charge is -2.36. The zero-order chi connectivity index (χ0) is 18.4. The number of primary sulfonamides is 1. The molecule has 2 N–H and O–H groups in total. The van der Waals surface area contributed by atoms with E-state index < -0.39 is 10.0 Å². The number of nitrogens with zero attached hydrogens (tertiary/aromatic N) is 2. The molecule has 1 heterocycles. The van der Waals surface area contributed by atoms with Gasteiger partial charge in [-0.3, -0.25) is 4.79 Å². The lowest BCUT2D eigenvalue weighted by Crippen LogP contribution is -2.38. The summed E-state index contributed by atoms with van der Waals surface area (Å²) in [4.78, 5) is 16.6. The summed E-state index contributed by atoms with van der Waals surface area (Å²) in [5.74, 6) is -0.123. The quantitative estimate of drug-likeness (QED) is 0.797. The van der Waals surface area contributed by atoms with Crippen LogP contribution in [0, 0.1) is 0 Å². The highest BCUT2D eigenvalue weighted by Gasteiger charge is 2.27. The average Bonchev–Trinajstić information content (AvgIpc) is 2.54. The summed E-state index contributed by atoms with van der Waals surface area (Å²) in [7, 11) is 0.572. The molecule has 1 aromatic rings. The van der Waals surface area contributed by atoms with Crippen molar-refractivity contribution in [3.63, 3.8) is 0 Å². The van der Waals surface area contributed by atoms with E-state index in [9.17, 15) is 13.2 Å². The van der Waals surface area contributed by atoms with Gasteiger partial charge in [-0.25, -0.2) is 13.6 Å². The van der Waals surface area contributed by atoms with Crippen molar-refractivity contribution in [1.29, 1.82) is 0 Å². The van der Waals surface area contributed by atoms with Gasteiger partial charge < -0.3 is 9.80 Å². The Morgan fingerprint density at radius 1 is 1.24 bits per heavy atom. The Morgan fingerprint density at radius 2 is 1.92 bits per heavy atom. The number of hydrogen-bond donors (Lipinski definition) is 1. The highest BCUT2D eigenvalue weighted by Crippen LogP contribution is 2.31. The van der Waals surface area contributed by atoms with Crippen LogP contribution in [-0.4, -0.2) is 50.5 Å². The molecule has 2 rings (SSSR count).